The van der Waals surface area contributed by atoms with Crippen LogP contribution in [0, 0.1) is 35.5 Å². The van der Waals surface area contributed by atoms with Crippen molar-refractivity contribution in [3.05, 3.63) is 164 Å². The van der Waals surface area contributed by atoms with Crippen LogP contribution in [-0.4, -0.2) is 205 Å². The Hall–Kier alpha value is -7.47. The number of Topliss-reactive ketones (excluding diaryl/α,β-unsaturated/α-hetero) is 1. The number of fused-ring (bicyclic) bond motifs is 9. The molecule has 122 heavy (non-hydrogen) atoms. The highest BCUT2D eigenvalue weighted by atomic mass is 32.2. The number of quaternary nitrogens is 3. The fourth-order valence-electron chi connectivity index (χ4n) is 19.5. The van der Waals surface area contributed by atoms with E-state index in [0.29, 0.717) is 29.1 Å². The Morgan fingerprint density at radius 2 is 0.713 bits per heavy atom. The van der Waals surface area contributed by atoms with Crippen molar-refractivity contribution in [3.63, 3.8) is 0 Å². The smallest absolute Gasteiger partial charge is 0.430 e. The summed E-state index contributed by atoms with van der Waals surface area (Å²) in [7, 11) is 2.16. The van der Waals surface area contributed by atoms with Crippen molar-refractivity contribution in [2.75, 3.05) is 103 Å². The third-order valence-electron chi connectivity index (χ3n) is 26.3. The monoisotopic (exact) mass is 1790 g/mol. The number of ketones is 1. The molecule has 12 fully saturated rings. The number of thiophene rings is 3. The Labute approximate surface area is 722 Å². The van der Waals surface area contributed by atoms with Crippen molar-refractivity contribution in [2.24, 2.45) is 35.5 Å². The number of thioether (sulfide) groups is 1. The molecule has 33 heteroatoms. The lowest BCUT2D eigenvalue weighted by atomic mass is 9.81. The second-order valence-electron chi connectivity index (χ2n) is 34.0. The zero-order chi connectivity index (χ0) is 88.2. The lowest BCUT2D eigenvalue weighted by molar-refractivity contribution is -0.946. The third-order valence-corrected chi connectivity index (χ3v) is 30.4. The minimum atomic E-state index is -5.19. The minimum Gasteiger partial charge on any atom is -0.542 e. The number of hydrogen-bond donors (Lipinski definition) is 3. The standard InChI is InChI=1S/C28H39N2O3S.C28H36NO4S.C27H36NO3S2.3C2HF3O2/c1-29(24-11-3-2-4-12-24)16-8-17-30-18-14-22(15-19-30)25(21-30)33-27(31)28(32,23-9-5-6-10-23)26-13-7-20-34-26;30-24(21-8-2-1-3-9-21)12-6-16-29-17-14-22(15-18-29)25(20-29)33-27(31)28(32,23-10-4-5-11-23)26-13-7-19-34-26;29-26(27(30,22-8-4-5-9-22)25-12-6-18-33-25)31-24-20-28(16-13-21(24)14-17-28)15-7-19-32-23-10-2-1-3-11-23;3*3-2(4,5)1(6)7/h2-4,7,11-13,20,22-23,25,32H,5-6,8-10,14-19,21H2,1H3;1-3,7-9,13,19,22-23,25,32H,4-6,10-12,14-18,20H2;1-3,6,10-12,18,21-22,24,30H,4-5,7-9,13-17,19-20H2;3*(H,6,7)/q3*+1;;;/p-3/t22?,25-,28+,30?;22?,25-,28+,29?;21?,24-,27+,28?;;;/m000.../s1. The van der Waals surface area contributed by atoms with E-state index in [4.69, 9.17) is 43.9 Å². The number of carboxylic acid groups (broad SMARTS) is 3. The summed E-state index contributed by atoms with van der Waals surface area (Å²) >= 11 is 6.33. The highest BCUT2D eigenvalue weighted by Crippen LogP contribution is 2.49. The van der Waals surface area contributed by atoms with Gasteiger partial charge in [-0.1, -0.05) is 123 Å². The normalized spacial score (nSPS) is 25.7. The van der Waals surface area contributed by atoms with Crippen LogP contribution in [0.5, 0.6) is 0 Å². The van der Waals surface area contributed by atoms with E-state index in [1.54, 1.807) is 0 Å². The first-order valence-electron chi connectivity index (χ1n) is 42.3. The number of carbonyl (C=O) groups is 7. The number of para-hydroxylation sites is 1. The van der Waals surface area contributed by atoms with Crippen LogP contribution in [0.25, 0.3) is 0 Å². The van der Waals surface area contributed by atoms with E-state index in [2.05, 4.69) is 72.6 Å². The molecular formula is C89H111F9N4O16S4. The van der Waals surface area contributed by atoms with E-state index in [1.807, 2.05) is 94.6 Å². The molecule has 6 atom stereocenters. The van der Waals surface area contributed by atoms with E-state index in [0.717, 1.165) is 222 Å². The highest BCUT2D eigenvalue weighted by Gasteiger charge is 2.57. The largest absolute Gasteiger partial charge is 0.542 e. The molecule has 3 aliphatic carbocycles. The second-order valence-corrected chi connectivity index (χ2v) is 38.0. The molecule has 9 saturated heterocycles. The van der Waals surface area contributed by atoms with Crippen LogP contribution >= 0.6 is 45.8 Å². The van der Waals surface area contributed by atoms with E-state index in [1.165, 1.54) is 77.2 Å². The number of alkyl halides is 9. The van der Waals surface area contributed by atoms with Crippen molar-refractivity contribution in [3.8, 4) is 0 Å². The number of halogens is 9. The maximum Gasteiger partial charge on any atom is 0.430 e. The molecule has 0 radical (unpaired) electrons. The number of nitrogens with zero attached hydrogens (tertiary/aromatic N) is 4. The Kier molecular flexibility index (Phi) is 34.2. The molecule has 3 aromatic heterocycles. The van der Waals surface area contributed by atoms with Gasteiger partial charge in [0.1, 0.15) is 37.5 Å². The predicted molar refractivity (Wildman–Crippen MR) is 437 cm³/mol. The number of aliphatic hydroxyl groups is 3. The molecule has 6 bridgehead atoms. The van der Waals surface area contributed by atoms with Gasteiger partial charge >= 0.3 is 36.4 Å². The van der Waals surface area contributed by atoms with Gasteiger partial charge in [-0.15, -0.1) is 45.8 Å². The molecule has 3 aromatic carbocycles. The number of benzene rings is 3. The molecular weight excluding hydrogens is 1680 g/mol. The molecule has 0 amide bonds. The molecule has 6 aromatic rings. The zero-order valence-electron chi connectivity index (χ0n) is 68.5. The molecule has 3 N–H and O–H groups in total. The summed E-state index contributed by atoms with van der Waals surface area (Å²) in [6.07, 6.45) is 6.18. The van der Waals surface area contributed by atoms with Gasteiger partial charge in [-0.3, -0.25) is 4.79 Å². The fourth-order valence-corrected chi connectivity index (χ4v) is 23.0. The number of anilines is 1. The number of esters is 3. The first kappa shape index (κ1) is 96.7. The number of ether oxygens (including phenoxy) is 3. The molecule has 18 rings (SSSR count). The Morgan fingerprint density at radius 1 is 0.418 bits per heavy atom. The summed E-state index contributed by atoms with van der Waals surface area (Å²) in [5, 5.41) is 67.3. The van der Waals surface area contributed by atoms with Crippen molar-refractivity contribution in [2.45, 2.75) is 200 Å². The van der Waals surface area contributed by atoms with Crippen LogP contribution in [0.3, 0.4) is 0 Å². The first-order valence-corrected chi connectivity index (χ1v) is 45.9. The van der Waals surface area contributed by atoms with Gasteiger partial charge in [0.15, 0.2) is 40.9 Å². The summed E-state index contributed by atoms with van der Waals surface area (Å²) < 4.78 is 116. The number of carbonyl (C=O) groups excluding carboxylic acids is 7. The van der Waals surface area contributed by atoms with Crippen LogP contribution in [0.1, 0.15) is 166 Å². The van der Waals surface area contributed by atoms with E-state index in [-0.39, 0.29) is 41.8 Å². The molecule has 12 heterocycles. The molecule has 0 spiro atoms. The van der Waals surface area contributed by atoms with Crippen molar-refractivity contribution < 1.29 is 131 Å². The van der Waals surface area contributed by atoms with Gasteiger partial charge in [0.05, 0.1) is 58.9 Å². The molecule has 12 aliphatic rings. The predicted octanol–water partition coefficient (Wildman–Crippen LogP) is 13.1. The van der Waals surface area contributed by atoms with E-state index < -0.39 is 71.1 Å². The lowest BCUT2D eigenvalue weighted by Gasteiger charge is -2.52. The van der Waals surface area contributed by atoms with Crippen LogP contribution in [0.15, 0.2) is 148 Å². The van der Waals surface area contributed by atoms with Crippen molar-refractivity contribution in [1.82, 2.24) is 0 Å². The first-order chi connectivity index (χ1) is 57.9. The van der Waals surface area contributed by atoms with Crippen LogP contribution in [0.4, 0.5) is 45.2 Å². The molecule has 3 saturated carbocycles. The number of piperidine rings is 9. The topological polar surface area (TPSA) is 280 Å². The van der Waals surface area contributed by atoms with Gasteiger partial charge in [-0.2, -0.15) is 39.5 Å². The fraction of sp³-hybridized carbons (Fsp3) is 0.584. The van der Waals surface area contributed by atoms with Crippen LogP contribution in [-0.2, 0) is 59.8 Å². The number of hydrogen-bond acceptors (Lipinski definition) is 21. The summed E-state index contributed by atoms with van der Waals surface area (Å²) in [4.78, 5) is 85.4. The van der Waals surface area contributed by atoms with Gasteiger partial charge in [-0.25, -0.2) is 14.4 Å². The number of rotatable bonds is 27. The maximum absolute atomic E-state index is 13.6. The van der Waals surface area contributed by atoms with Gasteiger partial charge in [-0.05, 0) is 97.1 Å². The maximum atomic E-state index is 13.6. The average molecular weight is 1790 g/mol. The van der Waals surface area contributed by atoms with Gasteiger partial charge in [0, 0.05) is 150 Å². The summed E-state index contributed by atoms with van der Waals surface area (Å²) in [6.45, 7) is 13.8. The van der Waals surface area contributed by atoms with Crippen LogP contribution in [0.2, 0.25) is 0 Å². The summed E-state index contributed by atoms with van der Waals surface area (Å²) in [6, 6.07) is 42.1. The van der Waals surface area contributed by atoms with E-state index in [9.17, 15) is 74.0 Å². The second kappa shape index (κ2) is 43.1. The van der Waals surface area contributed by atoms with E-state index >= 15 is 0 Å². The van der Waals surface area contributed by atoms with Gasteiger partial charge in [0.25, 0.3) is 0 Å². The van der Waals surface area contributed by atoms with Crippen molar-refractivity contribution in [1.29, 1.82) is 0 Å². The van der Waals surface area contributed by atoms with Gasteiger partial charge < -0.3 is 77.6 Å². The molecule has 9 aliphatic heterocycles. The average Bonchev–Trinajstić information content (AvgIpc) is 0.794. The Bertz CT molecular complexity index is 4210. The lowest BCUT2D eigenvalue weighted by Crippen LogP contribution is -2.65. The highest BCUT2D eigenvalue weighted by molar-refractivity contribution is 7.99. The molecule has 20 nitrogen and oxygen atoms in total. The summed E-state index contributed by atoms with van der Waals surface area (Å²) in [5.74, 6) is -7.79. The Morgan fingerprint density at radius 3 is 1.02 bits per heavy atom. The zero-order valence-corrected chi connectivity index (χ0v) is 71.7. The number of aliphatic carboxylic acids is 3. The quantitative estimate of drug-likeness (QED) is 0.00822. The van der Waals surface area contributed by atoms with Gasteiger partial charge in [0.2, 0.25) is 0 Å². The summed E-state index contributed by atoms with van der Waals surface area (Å²) in [5.41, 5.74) is -2.45. The minimum absolute atomic E-state index is 0.0251. The van der Waals surface area contributed by atoms with Crippen molar-refractivity contribution >= 4 is 93.1 Å². The SMILES string of the molecule is CN(CCC[N+]12CCC(CC1)[C@@H](OC(=O)[C@](O)(c1cccs1)C1CCCC1)C2)c1ccccc1.O=C(CCC[N+]12CCC(CC1)[C@@H](OC(=O)[C@](O)(c1cccs1)C1CCCC1)C2)c1ccccc1.O=C(O[C@H]1C[N+]2(CCCSc3ccccc3)CCC1CC2)[C@](O)(c1cccs1)C1CCCC1.O=C([O-])C(F)(F)F.O=C([O-])C(F)(F)F.O=C([O-])C(F)(F)F. The van der Waals surface area contributed by atoms with Crippen LogP contribution < -0.4 is 20.2 Å². The number of carboxylic acids is 3. The Balaban J connectivity index is 0.000000171. The third kappa shape index (κ3) is 25.2. The molecule has 0 unspecified atom stereocenters. The molecule has 670 valence electrons.